The summed E-state index contributed by atoms with van der Waals surface area (Å²) in [6, 6.07) is 0. The minimum absolute atomic E-state index is 0.138. The van der Waals surface area contributed by atoms with Crippen molar-refractivity contribution in [2.45, 2.75) is 70.6 Å². The second-order valence-corrected chi connectivity index (χ2v) is 8.88. The maximum atomic E-state index is 12.3. The minimum atomic E-state index is 0.138. The zero-order valence-corrected chi connectivity index (χ0v) is 16.9. The number of piperidine rings is 1. The first-order valence-corrected chi connectivity index (χ1v) is 10.9. The van der Waals surface area contributed by atoms with E-state index in [1.807, 2.05) is 9.80 Å². The van der Waals surface area contributed by atoms with Crippen LogP contribution in [0.5, 0.6) is 0 Å². The van der Waals surface area contributed by atoms with Crippen molar-refractivity contribution in [2.75, 3.05) is 26.2 Å². The molecule has 2 aliphatic heterocycles. The zero-order valence-electron chi connectivity index (χ0n) is 16.9. The second-order valence-electron chi connectivity index (χ2n) is 8.88. The predicted molar refractivity (Wildman–Crippen MR) is 103 cm³/mol. The van der Waals surface area contributed by atoms with Crippen LogP contribution in [-0.2, 0) is 16.0 Å². The van der Waals surface area contributed by atoms with Gasteiger partial charge in [-0.25, -0.2) is 0 Å². The Hall–Kier alpha value is -1.92. The highest BCUT2D eigenvalue weighted by Crippen LogP contribution is 2.30. The third-order valence-corrected chi connectivity index (χ3v) is 6.80. The number of hydrogen-bond donors (Lipinski definition) is 0. The average molecular weight is 389 g/mol. The van der Waals surface area contributed by atoms with Crippen LogP contribution in [0.3, 0.4) is 0 Å². The molecule has 2 saturated heterocycles. The molecule has 0 radical (unpaired) electrons. The Balaban J connectivity index is 1.17. The van der Waals surface area contributed by atoms with Crippen LogP contribution in [0.15, 0.2) is 4.52 Å². The van der Waals surface area contributed by atoms with Crippen molar-refractivity contribution in [3.63, 3.8) is 0 Å². The molecule has 1 saturated carbocycles. The van der Waals surface area contributed by atoms with Crippen molar-refractivity contribution in [2.24, 2.45) is 11.8 Å². The van der Waals surface area contributed by atoms with Crippen molar-refractivity contribution in [3.8, 4) is 0 Å². The number of rotatable bonds is 6. The molecular formula is C21H32N4O3. The average Bonchev–Trinajstić information content (AvgIpc) is 3.34. The summed E-state index contributed by atoms with van der Waals surface area (Å²) in [5.74, 6) is 3.41. The molecule has 0 N–H and O–H groups in total. The Morgan fingerprint density at radius 2 is 1.75 bits per heavy atom. The fourth-order valence-electron chi connectivity index (χ4n) is 4.90. The van der Waals surface area contributed by atoms with E-state index in [2.05, 4.69) is 10.1 Å². The fraction of sp³-hybridized carbons (Fsp3) is 0.810. The molecule has 154 valence electrons. The molecule has 1 aromatic heterocycles. The highest BCUT2D eigenvalue weighted by Gasteiger charge is 2.33. The molecule has 0 atom stereocenters. The van der Waals surface area contributed by atoms with Crippen LogP contribution < -0.4 is 0 Å². The van der Waals surface area contributed by atoms with E-state index in [9.17, 15) is 9.59 Å². The molecule has 4 rings (SSSR count). The molecule has 0 unspecified atom stereocenters. The standard InChI is InChI=1S/C21H32N4O3/c1-15(26)24-10-8-18(9-11-24)21-22-19(28-23-21)12-17-13-25(14-17)20(27)7-6-16-4-2-3-5-16/h16-18H,2-14H2,1H3. The number of aromatic nitrogens is 2. The van der Waals surface area contributed by atoms with Gasteiger partial charge in [-0.2, -0.15) is 4.98 Å². The van der Waals surface area contributed by atoms with E-state index in [-0.39, 0.29) is 11.8 Å². The number of amides is 2. The van der Waals surface area contributed by atoms with Gasteiger partial charge in [0.15, 0.2) is 5.82 Å². The van der Waals surface area contributed by atoms with Crippen molar-refractivity contribution < 1.29 is 14.1 Å². The summed E-state index contributed by atoms with van der Waals surface area (Å²) >= 11 is 0. The molecule has 1 aromatic rings. The third-order valence-electron chi connectivity index (χ3n) is 6.80. The lowest BCUT2D eigenvalue weighted by Crippen LogP contribution is -2.50. The van der Waals surface area contributed by atoms with E-state index >= 15 is 0 Å². The largest absolute Gasteiger partial charge is 0.343 e. The van der Waals surface area contributed by atoms with Crippen LogP contribution in [0, 0.1) is 11.8 Å². The number of likely N-dealkylation sites (tertiary alicyclic amines) is 2. The molecule has 28 heavy (non-hydrogen) atoms. The first kappa shape index (κ1) is 19.4. The Bertz CT molecular complexity index is 684. The van der Waals surface area contributed by atoms with Crippen LogP contribution in [0.2, 0.25) is 0 Å². The van der Waals surface area contributed by atoms with Crippen LogP contribution in [0.25, 0.3) is 0 Å². The summed E-state index contributed by atoms with van der Waals surface area (Å²) in [6.07, 6.45) is 9.62. The molecule has 2 amide bonds. The maximum absolute atomic E-state index is 12.3. The molecule has 7 nitrogen and oxygen atoms in total. The number of carbonyl (C=O) groups excluding carboxylic acids is 2. The molecule has 0 bridgehead atoms. The van der Waals surface area contributed by atoms with Gasteiger partial charge < -0.3 is 14.3 Å². The lowest BCUT2D eigenvalue weighted by molar-refractivity contribution is -0.138. The van der Waals surface area contributed by atoms with Crippen molar-refractivity contribution in [3.05, 3.63) is 11.7 Å². The van der Waals surface area contributed by atoms with E-state index in [1.165, 1.54) is 25.7 Å². The number of hydrogen-bond acceptors (Lipinski definition) is 5. The molecule has 3 aliphatic rings. The van der Waals surface area contributed by atoms with E-state index in [4.69, 9.17) is 4.52 Å². The third kappa shape index (κ3) is 4.55. The maximum Gasteiger partial charge on any atom is 0.227 e. The second kappa shape index (κ2) is 8.62. The highest BCUT2D eigenvalue weighted by atomic mass is 16.5. The van der Waals surface area contributed by atoms with E-state index < -0.39 is 0 Å². The SMILES string of the molecule is CC(=O)N1CCC(c2noc(CC3CN(C(=O)CCC4CCCC4)C3)n2)CC1. The van der Waals surface area contributed by atoms with Crippen LogP contribution in [0.1, 0.15) is 75.9 Å². The summed E-state index contributed by atoms with van der Waals surface area (Å²) in [5.41, 5.74) is 0. The predicted octanol–water partition coefficient (Wildman–Crippen LogP) is 2.77. The van der Waals surface area contributed by atoms with Gasteiger partial charge in [0.25, 0.3) is 0 Å². The Morgan fingerprint density at radius 3 is 2.43 bits per heavy atom. The molecular weight excluding hydrogens is 356 g/mol. The molecule has 3 heterocycles. The lowest BCUT2D eigenvalue weighted by atomic mass is 9.94. The van der Waals surface area contributed by atoms with E-state index in [0.717, 1.165) is 63.6 Å². The first-order chi connectivity index (χ1) is 13.6. The minimum Gasteiger partial charge on any atom is -0.343 e. The van der Waals surface area contributed by atoms with Crippen molar-refractivity contribution >= 4 is 11.8 Å². The zero-order chi connectivity index (χ0) is 19.5. The van der Waals surface area contributed by atoms with E-state index in [1.54, 1.807) is 6.92 Å². The quantitative estimate of drug-likeness (QED) is 0.749. The summed E-state index contributed by atoms with van der Waals surface area (Å²) < 4.78 is 5.46. The Kier molecular flexibility index (Phi) is 5.97. The van der Waals surface area contributed by atoms with Gasteiger partial charge >= 0.3 is 0 Å². The number of nitrogens with zero attached hydrogens (tertiary/aromatic N) is 4. The fourth-order valence-corrected chi connectivity index (χ4v) is 4.90. The first-order valence-electron chi connectivity index (χ1n) is 10.9. The molecule has 7 heteroatoms. The van der Waals surface area contributed by atoms with Gasteiger partial charge in [0.1, 0.15) is 0 Å². The van der Waals surface area contributed by atoms with Gasteiger partial charge in [-0.3, -0.25) is 9.59 Å². The van der Waals surface area contributed by atoms with Crippen LogP contribution in [-0.4, -0.2) is 57.9 Å². The van der Waals surface area contributed by atoms with Gasteiger partial charge in [0.05, 0.1) is 0 Å². The van der Waals surface area contributed by atoms with Gasteiger partial charge in [-0.15, -0.1) is 0 Å². The van der Waals surface area contributed by atoms with Crippen molar-refractivity contribution in [1.29, 1.82) is 0 Å². The molecule has 0 aromatic carbocycles. The topological polar surface area (TPSA) is 79.5 Å². The lowest BCUT2D eigenvalue weighted by Gasteiger charge is -2.39. The summed E-state index contributed by atoms with van der Waals surface area (Å²) in [7, 11) is 0. The van der Waals surface area contributed by atoms with Crippen molar-refractivity contribution in [1.82, 2.24) is 19.9 Å². The van der Waals surface area contributed by atoms with Gasteiger partial charge in [0.2, 0.25) is 17.7 Å². The van der Waals surface area contributed by atoms with E-state index in [0.29, 0.717) is 24.1 Å². The summed E-state index contributed by atoms with van der Waals surface area (Å²) in [5, 5.41) is 4.18. The Labute approximate surface area is 166 Å². The summed E-state index contributed by atoms with van der Waals surface area (Å²) in [4.78, 5) is 32.2. The molecule has 0 spiro atoms. The summed E-state index contributed by atoms with van der Waals surface area (Å²) in [6.45, 7) is 4.79. The van der Waals surface area contributed by atoms with Gasteiger partial charge in [0, 0.05) is 57.8 Å². The number of carbonyl (C=O) groups is 2. The normalized spacial score (nSPS) is 21.9. The molecule has 3 fully saturated rings. The smallest absolute Gasteiger partial charge is 0.227 e. The van der Waals surface area contributed by atoms with Gasteiger partial charge in [-0.1, -0.05) is 30.8 Å². The van der Waals surface area contributed by atoms with Crippen LogP contribution in [0.4, 0.5) is 0 Å². The van der Waals surface area contributed by atoms with Gasteiger partial charge in [-0.05, 0) is 25.2 Å². The van der Waals surface area contributed by atoms with Crippen LogP contribution >= 0.6 is 0 Å². The Morgan fingerprint density at radius 1 is 1.04 bits per heavy atom. The highest BCUT2D eigenvalue weighted by molar-refractivity contribution is 5.77. The molecule has 1 aliphatic carbocycles. The monoisotopic (exact) mass is 388 g/mol.